The van der Waals surface area contributed by atoms with Crippen LogP contribution in [-0.2, 0) is 0 Å². The summed E-state index contributed by atoms with van der Waals surface area (Å²) in [4.78, 5) is 3.32. The molecule has 4 rings (SSSR count). The summed E-state index contributed by atoms with van der Waals surface area (Å²) >= 11 is 0. The lowest BCUT2D eigenvalue weighted by Crippen LogP contribution is -2.32. The van der Waals surface area contributed by atoms with E-state index >= 15 is 0 Å². The van der Waals surface area contributed by atoms with Crippen LogP contribution in [0.4, 0.5) is 0 Å². The maximum Gasteiger partial charge on any atom is 0.491 e. The first kappa shape index (κ1) is 13.1. The predicted octanol–water partition coefficient (Wildman–Crippen LogP) is 2.67. The van der Waals surface area contributed by atoms with Crippen molar-refractivity contribution in [1.29, 1.82) is 0 Å². The monoisotopic (exact) mass is 287 g/mol. The Hall–Kier alpha value is -2.56. The summed E-state index contributed by atoms with van der Waals surface area (Å²) < 4.78 is 0. The first-order valence-corrected chi connectivity index (χ1v) is 7.20. The molecule has 0 atom stereocenters. The van der Waals surface area contributed by atoms with Crippen molar-refractivity contribution in [3.8, 4) is 11.1 Å². The van der Waals surface area contributed by atoms with E-state index in [1.54, 1.807) is 0 Å². The Kier molecular flexibility index (Phi) is 3.00. The fourth-order valence-corrected chi connectivity index (χ4v) is 3.08. The van der Waals surface area contributed by atoms with Gasteiger partial charge in [-0.15, -0.1) is 0 Å². The van der Waals surface area contributed by atoms with Crippen LogP contribution in [0.2, 0.25) is 0 Å². The van der Waals surface area contributed by atoms with Crippen LogP contribution >= 0.6 is 0 Å². The highest BCUT2D eigenvalue weighted by molar-refractivity contribution is 6.64. The highest BCUT2D eigenvalue weighted by Gasteiger charge is 2.22. The van der Waals surface area contributed by atoms with E-state index in [4.69, 9.17) is 0 Å². The average molecular weight is 287 g/mol. The lowest BCUT2D eigenvalue weighted by atomic mass is 9.74. The minimum atomic E-state index is -1.54. The minimum Gasteiger partial charge on any atom is -0.423 e. The number of para-hydroxylation sites is 1. The second-order valence-corrected chi connectivity index (χ2v) is 5.36. The van der Waals surface area contributed by atoms with E-state index in [9.17, 15) is 10.0 Å². The van der Waals surface area contributed by atoms with Gasteiger partial charge in [0.05, 0.1) is 0 Å². The van der Waals surface area contributed by atoms with Crippen molar-refractivity contribution in [2.24, 2.45) is 0 Å². The Morgan fingerprint density at radius 1 is 0.727 bits per heavy atom. The number of H-pyrrole nitrogens is 1. The lowest BCUT2D eigenvalue weighted by molar-refractivity contribution is 0.426. The molecule has 4 heteroatoms. The van der Waals surface area contributed by atoms with Gasteiger partial charge in [-0.3, -0.25) is 0 Å². The van der Waals surface area contributed by atoms with Crippen LogP contribution in [0.25, 0.3) is 32.9 Å². The van der Waals surface area contributed by atoms with Crippen LogP contribution < -0.4 is 5.46 Å². The standard InChI is InChI=1S/C18H14BNO2/c21-19(22)17-13(12-6-2-1-3-7-12)10-11-15-14-8-4-5-9-16(14)20-18(15)17/h1-11,20-22H. The fraction of sp³-hybridized carbons (Fsp3) is 0. The van der Waals surface area contributed by atoms with Gasteiger partial charge >= 0.3 is 7.12 Å². The molecule has 0 aliphatic carbocycles. The predicted molar refractivity (Wildman–Crippen MR) is 91.1 cm³/mol. The summed E-state index contributed by atoms with van der Waals surface area (Å²) in [5, 5.41) is 21.9. The van der Waals surface area contributed by atoms with Crippen molar-refractivity contribution in [1.82, 2.24) is 4.98 Å². The molecule has 106 valence electrons. The summed E-state index contributed by atoms with van der Waals surface area (Å²) in [7, 11) is -1.54. The van der Waals surface area contributed by atoms with Crippen molar-refractivity contribution >= 4 is 34.4 Å². The smallest absolute Gasteiger partial charge is 0.423 e. The fourth-order valence-electron chi connectivity index (χ4n) is 3.08. The Morgan fingerprint density at radius 3 is 2.23 bits per heavy atom. The molecule has 0 unspecified atom stereocenters. The second kappa shape index (κ2) is 5.02. The van der Waals surface area contributed by atoms with Gasteiger partial charge < -0.3 is 15.0 Å². The first-order valence-electron chi connectivity index (χ1n) is 7.20. The van der Waals surface area contributed by atoms with E-state index in [-0.39, 0.29) is 0 Å². The van der Waals surface area contributed by atoms with E-state index in [1.807, 2.05) is 66.7 Å². The van der Waals surface area contributed by atoms with Crippen molar-refractivity contribution in [2.45, 2.75) is 0 Å². The van der Waals surface area contributed by atoms with E-state index in [2.05, 4.69) is 4.98 Å². The molecule has 0 aliphatic rings. The molecule has 3 nitrogen and oxygen atoms in total. The maximum atomic E-state index is 9.92. The van der Waals surface area contributed by atoms with Gasteiger partial charge in [0.15, 0.2) is 0 Å². The van der Waals surface area contributed by atoms with Gasteiger partial charge in [-0.25, -0.2) is 0 Å². The number of benzene rings is 3. The molecule has 0 spiro atoms. The third kappa shape index (κ3) is 1.93. The van der Waals surface area contributed by atoms with Crippen LogP contribution in [0.15, 0.2) is 66.7 Å². The van der Waals surface area contributed by atoms with Gasteiger partial charge in [-0.1, -0.05) is 60.7 Å². The van der Waals surface area contributed by atoms with Crippen molar-refractivity contribution in [2.75, 3.05) is 0 Å². The minimum absolute atomic E-state index is 0.514. The van der Waals surface area contributed by atoms with Crippen molar-refractivity contribution < 1.29 is 10.0 Å². The summed E-state index contributed by atoms with van der Waals surface area (Å²) in [6.07, 6.45) is 0. The molecule has 0 saturated carbocycles. The van der Waals surface area contributed by atoms with Crippen molar-refractivity contribution in [3.63, 3.8) is 0 Å². The number of nitrogens with one attached hydrogen (secondary N) is 1. The van der Waals surface area contributed by atoms with E-state index < -0.39 is 7.12 Å². The highest BCUT2D eigenvalue weighted by atomic mass is 16.4. The number of rotatable bonds is 2. The molecule has 3 aromatic carbocycles. The first-order chi connectivity index (χ1) is 10.8. The van der Waals surface area contributed by atoms with Crippen LogP contribution in [0.3, 0.4) is 0 Å². The van der Waals surface area contributed by atoms with Crippen LogP contribution in [0.5, 0.6) is 0 Å². The number of aromatic amines is 1. The molecule has 3 N–H and O–H groups in total. The molecule has 0 bridgehead atoms. The Bertz CT molecular complexity index is 961. The summed E-state index contributed by atoms with van der Waals surface area (Å²) in [5.74, 6) is 0. The Balaban J connectivity index is 2.11. The Labute approximate surface area is 128 Å². The van der Waals surface area contributed by atoms with Gasteiger partial charge in [-0.05, 0) is 17.2 Å². The number of aromatic nitrogens is 1. The van der Waals surface area contributed by atoms with Gasteiger partial charge in [-0.2, -0.15) is 0 Å². The molecule has 0 saturated heterocycles. The average Bonchev–Trinajstić information content (AvgIpc) is 2.93. The highest BCUT2D eigenvalue weighted by Crippen LogP contribution is 2.28. The zero-order valence-electron chi connectivity index (χ0n) is 11.8. The van der Waals surface area contributed by atoms with Gasteiger partial charge in [0.25, 0.3) is 0 Å². The van der Waals surface area contributed by atoms with Gasteiger partial charge in [0, 0.05) is 27.3 Å². The number of hydrogen-bond acceptors (Lipinski definition) is 2. The molecule has 0 amide bonds. The zero-order chi connectivity index (χ0) is 15.1. The molecule has 4 aromatic rings. The normalized spacial score (nSPS) is 11.2. The van der Waals surface area contributed by atoms with Crippen LogP contribution in [0.1, 0.15) is 0 Å². The van der Waals surface area contributed by atoms with E-state index in [0.29, 0.717) is 5.46 Å². The lowest BCUT2D eigenvalue weighted by Gasteiger charge is -2.10. The molecule has 0 radical (unpaired) electrons. The number of hydrogen-bond donors (Lipinski definition) is 3. The Morgan fingerprint density at radius 2 is 1.45 bits per heavy atom. The maximum absolute atomic E-state index is 9.92. The van der Waals surface area contributed by atoms with Gasteiger partial charge in [0.1, 0.15) is 0 Å². The zero-order valence-corrected chi connectivity index (χ0v) is 11.8. The summed E-state index contributed by atoms with van der Waals surface area (Å²) in [6, 6.07) is 21.7. The van der Waals surface area contributed by atoms with Crippen LogP contribution in [-0.4, -0.2) is 22.2 Å². The molecule has 0 fully saturated rings. The molecule has 22 heavy (non-hydrogen) atoms. The van der Waals surface area contributed by atoms with Crippen molar-refractivity contribution in [3.05, 3.63) is 66.7 Å². The van der Waals surface area contributed by atoms with E-state index in [0.717, 1.165) is 32.9 Å². The molecular formula is C18H14BNO2. The topological polar surface area (TPSA) is 56.2 Å². The number of fused-ring (bicyclic) bond motifs is 3. The molecule has 1 heterocycles. The molecule has 1 aromatic heterocycles. The second-order valence-electron chi connectivity index (χ2n) is 5.36. The quantitative estimate of drug-likeness (QED) is 0.496. The summed E-state index contributed by atoms with van der Waals surface area (Å²) in [5.41, 5.74) is 4.07. The molecule has 0 aliphatic heterocycles. The van der Waals surface area contributed by atoms with Gasteiger partial charge in [0.2, 0.25) is 0 Å². The summed E-state index contributed by atoms with van der Waals surface area (Å²) in [6.45, 7) is 0. The van der Waals surface area contributed by atoms with E-state index in [1.165, 1.54) is 0 Å². The SMILES string of the molecule is OB(O)c1c(-c2ccccc2)ccc2c1[nH]c1ccccc12. The van der Waals surface area contributed by atoms with Crippen LogP contribution in [0, 0.1) is 0 Å². The third-order valence-electron chi connectivity index (χ3n) is 4.07. The third-order valence-corrected chi connectivity index (χ3v) is 4.07. The molecular weight excluding hydrogens is 273 g/mol. The largest absolute Gasteiger partial charge is 0.491 e.